The lowest BCUT2D eigenvalue weighted by atomic mass is 9.95. The van der Waals surface area contributed by atoms with Crippen molar-refractivity contribution in [3.8, 4) is 0 Å². The standard InChI is InChI=1S/C22H32N4O/c1-15-5-7-19(8-6-15)14-26-18(4)20(17(3)25-26)9-10-22(27)24-21-11-12-23-13-16(21)2/h5-8,16,21,23H,9-14H2,1-4H3,(H,24,27). The molecule has 0 spiro atoms. The Balaban J connectivity index is 1.59. The maximum Gasteiger partial charge on any atom is 0.220 e. The second-order valence-corrected chi connectivity index (χ2v) is 7.94. The van der Waals surface area contributed by atoms with E-state index in [-0.39, 0.29) is 5.91 Å². The molecule has 5 nitrogen and oxygen atoms in total. The highest BCUT2D eigenvalue weighted by Gasteiger charge is 2.22. The van der Waals surface area contributed by atoms with E-state index in [1.54, 1.807) is 0 Å². The van der Waals surface area contributed by atoms with Crippen LogP contribution in [-0.2, 0) is 17.8 Å². The maximum absolute atomic E-state index is 12.4. The highest BCUT2D eigenvalue weighted by Crippen LogP contribution is 2.17. The SMILES string of the molecule is Cc1ccc(Cn2nc(C)c(CCC(=O)NC3CCNCC3C)c2C)cc1. The van der Waals surface area contributed by atoms with E-state index >= 15 is 0 Å². The van der Waals surface area contributed by atoms with Crippen LogP contribution in [-0.4, -0.2) is 34.8 Å². The number of aromatic nitrogens is 2. The zero-order chi connectivity index (χ0) is 19.4. The molecule has 0 aliphatic carbocycles. The van der Waals surface area contributed by atoms with Crippen molar-refractivity contribution in [1.82, 2.24) is 20.4 Å². The van der Waals surface area contributed by atoms with Gasteiger partial charge in [-0.15, -0.1) is 0 Å². The molecular formula is C22H32N4O. The lowest BCUT2D eigenvalue weighted by molar-refractivity contribution is -0.122. The predicted octanol–water partition coefficient (Wildman–Crippen LogP) is 2.90. The molecule has 1 amide bonds. The number of hydrogen-bond donors (Lipinski definition) is 2. The van der Waals surface area contributed by atoms with Gasteiger partial charge in [-0.1, -0.05) is 36.8 Å². The third-order valence-electron chi connectivity index (χ3n) is 5.72. The summed E-state index contributed by atoms with van der Waals surface area (Å²) >= 11 is 0. The average molecular weight is 369 g/mol. The number of amides is 1. The van der Waals surface area contributed by atoms with Gasteiger partial charge in [0.15, 0.2) is 0 Å². The highest BCUT2D eigenvalue weighted by atomic mass is 16.1. The van der Waals surface area contributed by atoms with Crippen LogP contribution in [0.5, 0.6) is 0 Å². The van der Waals surface area contributed by atoms with Gasteiger partial charge in [0.2, 0.25) is 5.91 Å². The molecule has 1 aromatic heterocycles. The number of hydrogen-bond acceptors (Lipinski definition) is 3. The third kappa shape index (κ3) is 4.98. The molecule has 1 aliphatic rings. The number of nitrogens with one attached hydrogen (secondary N) is 2. The van der Waals surface area contributed by atoms with Gasteiger partial charge in [-0.25, -0.2) is 0 Å². The summed E-state index contributed by atoms with van der Waals surface area (Å²) in [6.45, 7) is 11.2. The zero-order valence-corrected chi connectivity index (χ0v) is 17.0. The van der Waals surface area contributed by atoms with E-state index in [1.807, 2.05) is 6.92 Å². The molecule has 146 valence electrons. The van der Waals surface area contributed by atoms with Gasteiger partial charge in [-0.05, 0) is 63.7 Å². The van der Waals surface area contributed by atoms with Crippen molar-refractivity contribution in [2.75, 3.05) is 13.1 Å². The summed E-state index contributed by atoms with van der Waals surface area (Å²) in [6.07, 6.45) is 2.28. The number of nitrogens with zero attached hydrogens (tertiary/aromatic N) is 2. The second kappa shape index (κ2) is 8.70. The molecule has 0 saturated carbocycles. The van der Waals surface area contributed by atoms with Crippen molar-refractivity contribution < 1.29 is 4.79 Å². The van der Waals surface area contributed by atoms with Crippen molar-refractivity contribution in [3.05, 3.63) is 52.3 Å². The third-order valence-corrected chi connectivity index (χ3v) is 5.72. The molecular weight excluding hydrogens is 336 g/mol. The number of rotatable bonds is 6. The average Bonchev–Trinajstić information content (AvgIpc) is 2.90. The minimum Gasteiger partial charge on any atom is -0.353 e. The lowest BCUT2D eigenvalue weighted by Gasteiger charge is -2.30. The van der Waals surface area contributed by atoms with E-state index in [1.165, 1.54) is 16.7 Å². The first-order valence-electron chi connectivity index (χ1n) is 10.0. The maximum atomic E-state index is 12.4. The van der Waals surface area contributed by atoms with Crippen LogP contribution in [0.15, 0.2) is 24.3 Å². The van der Waals surface area contributed by atoms with Gasteiger partial charge in [0.1, 0.15) is 0 Å². The molecule has 3 rings (SSSR count). The summed E-state index contributed by atoms with van der Waals surface area (Å²) in [5.74, 6) is 0.641. The van der Waals surface area contributed by atoms with Crippen molar-refractivity contribution in [2.24, 2.45) is 5.92 Å². The van der Waals surface area contributed by atoms with E-state index in [0.717, 1.165) is 43.9 Å². The Hall–Kier alpha value is -2.14. The quantitative estimate of drug-likeness (QED) is 0.824. The molecule has 2 atom stereocenters. The Bertz CT molecular complexity index is 778. The van der Waals surface area contributed by atoms with Crippen molar-refractivity contribution in [1.29, 1.82) is 0 Å². The first-order chi connectivity index (χ1) is 12.9. The summed E-state index contributed by atoms with van der Waals surface area (Å²) < 4.78 is 2.06. The monoisotopic (exact) mass is 368 g/mol. The number of carbonyl (C=O) groups excluding carboxylic acids is 1. The Morgan fingerprint density at radius 3 is 2.70 bits per heavy atom. The summed E-state index contributed by atoms with van der Waals surface area (Å²) in [7, 11) is 0. The van der Waals surface area contributed by atoms with Crippen LogP contribution in [0.4, 0.5) is 0 Å². The fourth-order valence-electron chi connectivity index (χ4n) is 3.86. The van der Waals surface area contributed by atoms with Crippen LogP contribution in [0.1, 0.15) is 47.8 Å². The van der Waals surface area contributed by atoms with Crippen LogP contribution >= 0.6 is 0 Å². The van der Waals surface area contributed by atoms with E-state index in [2.05, 4.69) is 60.4 Å². The molecule has 2 unspecified atom stereocenters. The first-order valence-corrected chi connectivity index (χ1v) is 10.0. The number of aryl methyl sites for hydroxylation is 2. The Kier molecular flexibility index (Phi) is 6.32. The molecule has 5 heteroatoms. The molecule has 1 saturated heterocycles. The fourth-order valence-corrected chi connectivity index (χ4v) is 3.86. The molecule has 2 heterocycles. The molecule has 0 bridgehead atoms. The van der Waals surface area contributed by atoms with Crippen molar-refractivity contribution >= 4 is 5.91 Å². The lowest BCUT2D eigenvalue weighted by Crippen LogP contribution is -2.48. The largest absolute Gasteiger partial charge is 0.353 e. The Morgan fingerprint density at radius 2 is 2.00 bits per heavy atom. The second-order valence-electron chi connectivity index (χ2n) is 7.94. The molecule has 1 aromatic carbocycles. The Morgan fingerprint density at radius 1 is 1.26 bits per heavy atom. The van der Waals surface area contributed by atoms with Gasteiger partial charge in [-0.2, -0.15) is 5.10 Å². The summed E-state index contributed by atoms with van der Waals surface area (Å²) in [4.78, 5) is 12.4. The number of benzene rings is 1. The first kappa shape index (κ1) is 19.6. The van der Waals surface area contributed by atoms with Gasteiger partial charge < -0.3 is 10.6 Å². The normalized spacial score (nSPS) is 19.9. The predicted molar refractivity (Wildman–Crippen MR) is 109 cm³/mol. The van der Waals surface area contributed by atoms with E-state index in [9.17, 15) is 4.79 Å². The molecule has 2 N–H and O–H groups in total. The summed E-state index contributed by atoms with van der Waals surface area (Å²) in [5.41, 5.74) is 5.91. The molecule has 0 radical (unpaired) electrons. The molecule has 1 aliphatic heterocycles. The minimum absolute atomic E-state index is 0.152. The minimum atomic E-state index is 0.152. The zero-order valence-electron chi connectivity index (χ0n) is 17.0. The van der Waals surface area contributed by atoms with Gasteiger partial charge in [0.05, 0.1) is 12.2 Å². The van der Waals surface area contributed by atoms with Crippen LogP contribution < -0.4 is 10.6 Å². The highest BCUT2D eigenvalue weighted by molar-refractivity contribution is 5.76. The van der Waals surface area contributed by atoms with Gasteiger partial charge >= 0.3 is 0 Å². The topological polar surface area (TPSA) is 59.0 Å². The van der Waals surface area contributed by atoms with Crippen LogP contribution in [0.3, 0.4) is 0 Å². The summed E-state index contributed by atoms with van der Waals surface area (Å²) in [5, 5.41) is 11.3. The molecule has 27 heavy (non-hydrogen) atoms. The van der Waals surface area contributed by atoms with Crippen LogP contribution in [0.25, 0.3) is 0 Å². The number of piperidine rings is 1. The van der Waals surface area contributed by atoms with Gasteiger partial charge in [0.25, 0.3) is 0 Å². The van der Waals surface area contributed by atoms with Crippen LogP contribution in [0.2, 0.25) is 0 Å². The molecule has 1 fully saturated rings. The van der Waals surface area contributed by atoms with E-state index < -0.39 is 0 Å². The van der Waals surface area contributed by atoms with E-state index in [4.69, 9.17) is 5.10 Å². The number of carbonyl (C=O) groups is 1. The fraction of sp³-hybridized carbons (Fsp3) is 0.545. The van der Waals surface area contributed by atoms with Crippen molar-refractivity contribution in [3.63, 3.8) is 0 Å². The molecule has 2 aromatic rings. The van der Waals surface area contributed by atoms with E-state index in [0.29, 0.717) is 18.4 Å². The van der Waals surface area contributed by atoms with Crippen molar-refractivity contribution in [2.45, 2.75) is 59.5 Å². The van der Waals surface area contributed by atoms with Gasteiger partial charge in [-0.3, -0.25) is 9.48 Å². The summed E-state index contributed by atoms with van der Waals surface area (Å²) in [6, 6.07) is 8.87. The Labute approximate surface area is 162 Å². The smallest absolute Gasteiger partial charge is 0.220 e. The van der Waals surface area contributed by atoms with Crippen LogP contribution in [0, 0.1) is 26.7 Å². The van der Waals surface area contributed by atoms with Gasteiger partial charge in [0, 0.05) is 18.2 Å².